The zero-order valence-corrected chi connectivity index (χ0v) is 9.24. The first-order chi connectivity index (χ1) is 6.43. The van der Waals surface area contributed by atoms with Crippen LogP contribution < -0.4 is 0 Å². The molecule has 2 fully saturated rings. The molecule has 2 saturated heterocycles. The van der Waals surface area contributed by atoms with E-state index in [1.165, 1.54) is 0 Å². The zero-order chi connectivity index (χ0) is 10.6. The Kier molecular flexibility index (Phi) is 2.22. The van der Waals surface area contributed by atoms with Crippen LogP contribution in [0.4, 0.5) is 0 Å². The molecule has 0 aromatic carbocycles. The van der Waals surface area contributed by atoms with Crippen molar-refractivity contribution >= 4 is 7.85 Å². The molecule has 0 aromatic heterocycles. The Bertz CT molecular complexity index is 240. The number of methoxy groups -OCH3 is 1. The van der Waals surface area contributed by atoms with E-state index in [2.05, 4.69) is 0 Å². The van der Waals surface area contributed by atoms with Gasteiger partial charge in [0.2, 0.25) is 0 Å². The first-order valence-electron chi connectivity index (χ1n) is 5.07. The molecule has 0 saturated carbocycles. The van der Waals surface area contributed by atoms with Crippen LogP contribution >= 0.6 is 0 Å². The highest BCUT2D eigenvalue weighted by Gasteiger charge is 2.64. The molecular formula is C10H17BO3. The van der Waals surface area contributed by atoms with Crippen molar-refractivity contribution in [2.75, 3.05) is 7.11 Å². The Hall–Kier alpha value is -0.0551. The summed E-state index contributed by atoms with van der Waals surface area (Å²) in [6, 6.07) is -0.305. The molecule has 2 radical (unpaired) electrons. The number of fused-ring (bicyclic) bond motifs is 2. The highest BCUT2D eigenvalue weighted by atomic mass is 16.6. The molecule has 4 atom stereocenters. The van der Waals surface area contributed by atoms with Crippen molar-refractivity contribution in [1.29, 1.82) is 0 Å². The van der Waals surface area contributed by atoms with Gasteiger partial charge in [0.05, 0.1) is 17.8 Å². The van der Waals surface area contributed by atoms with E-state index in [9.17, 15) is 0 Å². The largest absolute Gasteiger partial charge is 0.379 e. The SMILES string of the molecule is [B][C@@H]1O[C@]2(C(C)OC)CC1OC2(C)C. The Balaban J connectivity index is 2.31. The standard InChI is InChI=1S/C10H17BO3/c1-6(12-4)10-5-7(8(11)14-10)13-9(10,2)3/h6-8H,5H2,1-4H3/t6?,7?,8-,10+/m1/s1. The third-order valence-electron chi connectivity index (χ3n) is 3.69. The molecule has 14 heavy (non-hydrogen) atoms. The minimum Gasteiger partial charge on any atom is -0.379 e. The van der Waals surface area contributed by atoms with E-state index in [0.29, 0.717) is 0 Å². The van der Waals surface area contributed by atoms with Crippen molar-refractivity contribution < 1.29 is 14.2 Å². The monoisotopic (exact) mass is 196 g/mol. The molecule has 0 spiro atoms. The maximum Gasteiger partial charge on any atom is 0.124 e. The number of ether oxygens (including phenoxy) is 3. The van der Waals surface area contributed by atoms with Crippen LogP contribution in [-0.4, -0.2) is 44.4 Å². The first-order valence-corrected chi connectivity index (χ1v) is 5.07. The summed E-state index contributed by atoms with van der Waals surface area (Å²) in [4.78, 5) is 0. The van der Waals surface area contributed by atoms with Crippen LogP contribution in [-0.2, 0) is 14.2 Å². The van der Waals surface area contributed by atoms with Crippen molar-refractivity contribution in [3.8, 4) is 0 Å². The number of hydrogen-bond acceptors (Lipinski definition) is 3. The molecule has 0 amide bonds. The summed E-state index contributed by atoms with van der Waals surface area (Å²) in [6.07, 6.45) is 0.842. The van der Waals surface area contributed by atoms with Gasteiger partial charge in [0.1, 0.15) is 13.4 Å². The van der Waals surface area contributed by atoms with Gasteiger partial charge in [0, 0.05) is 19.5 Å². The lowest BCUT2D eigenvalue weighted by Gasteiger charge is -2.45. The third kappa shape index (κ3) is 1.11. The molecule has 4 heteroatoms. The summed E-state index contributed by atoms with van der Waals surface area (Å²) >= 11 is 0. The molecule has 0 aliphatic carbocycles. The van der Waals surface area contributed by atoms with Gasteiger partial charge in [0.25, 0.3) is 0 Å². The average Bonchev–Trinajstić information content (AvgIpc) is 2.54. The van der Waals surface area contributed by atoms with E-state index < -0.39 is 0 Å². The third-order valence-corrected chi connectivity index (χ3v) is 3.69. The number of hydrogen-bond donors (Lipinski definition) is 0. The first kappa shape index (κ1) is 10.5. The summed E-state index contributed by atoms with van der Waals surface area (Å²) in [5.74, 6) is 0. The normalized spacial score (nSPS) is 46.9. The lowest BCUT2D eigenvalue weighted by molar-refractivity contribution is -0.237. The summed E-state index contributed by atoms with van der Waals surface area (Å²) in [5.41, 5.74) is -0.700. The van der Waals surface area contributed by atoms with Gasteiger partial charge in [-0.25, -0.2) is 0 Å². The van der Waals surface area contributed by atoms with Crippen LogP contribution in [0.2, 0.25) is 0 Å². The molecule has 2 heterocycles. The van der Waals surface area contributed by atoms with E-state index >= 15 is 0 Å². The van der Waals surface area contributed by atoms with Crippen LogP contribution in [0.15, 0.2) is 0 Å². The highest BCUT2D eigenvalue weighted by molar-refractivity contribution is 6.11. The Morgan fingerprint density at radius 1 is 1.43 bits per heavy atom. The van der Waals surface area contributed by atoms with Crippen LogP contribution in [0.1, 0.15) is 27.2 Å². The lowest BCUT2D eigenvalue weighted by Crippen LogP contribution is -2.58. The molecular weight excluding hydrogens is 179 g/mol. The van der Waals surface area contributed by atoms with E-state index in [4.69, 9.17) is 22.1 Å². The average molecular weight is 196 g/mol. The second kappa shape index (κ2) is 2.97. The molecule has 2 rings (SSSR count). The van der Waals surface area contributed by atoms with Crippen molar-refractivity contribution in [2.45, 2.75) is 56.6 Å². The van der Waals surface area contributed by atoms with E-state index in [1.807, 2.05) is 20.8 Å². The Morgan fingerprint density at radius 2 is 2.07 bits per heavy atom. The topological polar surface area (TPSA) is 27.7 Å². The van der Waals surface area contributed by atoms with Crippen LogP contribution in [0.5, 0.6) is 0 Å². The smallest absolute Gasteiger partial charge is 0.124 e. The summed E-state index contributed by atoms with van der Waals surface area (Å²) in [7, 11) is 7.51. The predicted octanol–water partition coefficient (Wildman–Crippen LogP) is 0.852. The van der Waals surface area contributed by atoms with Gasteiger partial charge in [-0.1, -0.05) is 0 Å². The van der Waals surface area contributed by atoms with Crippen molar-refractivity contribution in [2.24, 2.45) is 0 Å². The second-order valence-electron chi connectivity index (χ2n) is 4.72. The minimum absolute atomic E-state index is 0.00366. The fraction of sp³-hybridized carbons (Fsp3) is 1.00. The second-order valence-corrected chi connectivity index (χ2v) is 4.72. The zero-order valence-electron chi connectivity index (χ0n) is 9.24. The van der Waals surface area contributed by atoms with Gasteiger partial charge in [0.15, 0.2) is 0 Å². The van der Waals surface area contributed by atoms with Crippen molar-refractivity contribution in [3.05, 3.63) is 0 Å². The minimum atomic E-state index is -0.383. The molecule has 2 unspecified atom stereocenters. The molecule has 2 aliphatic heterocycles. The summed E-state index contributed by atoms with van der Waals surface area (Å²) in [6.45, 7) is 6.08. The van der Waals surface area contributed by atoms with Gasteiger partial charge in [-0.3, -0.25) is 0 Å². The van der Waals surface area contributed by atoms with Crippen LogP contribution in [0, 0.1) is 0 Å². The van der Waals surface area contributed by atoms with Crippen molar-refractivity contribution in [1.82, 2.24) is 0 Å². The van der Waals surface area contributed by atoms with E-state index in [0.717, 1.165) is 6.42 Å². The molecule has 78 valence electrons. The summed E-state index contributed by atoms with van der Waals surface area (Å²) in [5, 5.41) is 0. The summed E-state index contributed by atoms with van der Waals surface area (Å²) < 4.78 is 17.1. The molecule has 3 nitrogen and oxygen atoms in total. The molecule has 0 N–H and O–H groups in total. The molecule has 2 bridgehead atoms. The van der Waals surface area contributed by atoms with Gasteiger partial charge < -0.3 is 14.2 Å². The Morgan fingerprint density at radius 3 is 2.50 bits per heavy atom. The van der Waals surface area contributed by atoms with Gasteiger partial charge in [-0.05, 0) is 20.8 Å². The maximum absolute atomic E-state index is 5.86. The van der Waals surface area contributed by atoms with Crippen LogP contribution in [0.3, 0.4) is 0 Å². The van der Waals surface area contributed by atoms with Crippen molar-refractivity contribution in [3.63, 3.8) is 0 Å². The lowest BCUT2D eigenvalue weighted by atomic mass is 9.81. The van der Waals surface area contributed by atoms with Gasteiger partial charge in [-0.15, -0.1) is 0 Å². The maximum atomic E-state index is 5.86. The van der Waals surface area contributed by atoms with E-state index in [-0.39, 0.29) is 29.4 Å². The fourth-order valence-corrected chi connectivity index (χ4v) is 2.70. The van der Waals surface area contributed by atoms with Gasteiger partial charge in [-0.2, -0.15) is 0 Å². The highest BCUT2D eigenvalue weighted by Crippen LogP contribution is 2.51. The van der Waals surface area contributed by atoms with Gasteiger partial charge >= 0.3 is 0 Å². The molecule has 0 aromatic rings. The van der Waals surface area contributed by atoms with E-state index in [1.54, 1.807) is 7.11 Å². The fourth-order valence-electron chi connectivity index (χ4n) is 2.70. The number of rotatable bonds is 2. The molecule has 2 aliphatic rings. The Labute approximate surface area is 86.5 Å². The predicted molar refractivity (Wildman–Crippen MR) is 53.4 cm³/mol. The quantitative estimate of drug-likeness (QED) is 0.613. The van der Waals surface area contributed by atoms with Crippen LogP contribution in [0.25, 0.3) is 0 Å².